The maximum absolute atomic E-state index is 12.9. The minimum absolute atomic E-state index is 0.160. The van der Waals surface area contributed by atoms with Crippen LogP contribution >= 0.6 is 12.2 Å². The zero-order valence-electron chi connectivity index (χ0n) is 30.6. The Morgan fingerprint density at radius 1 is 0.880 bits per heavy atom. The van der Waals surface area contributed by atoms with Crippen molar-refractivity contribution in [3.05, 3.63) is 65.5 Å². The molecule has 0 fully saturated rings. The van der Waals surface area contributed by atoms with Gasteiger partial charge in [0.1, 0.15) is 24.4 Å². The van der Waals surface area contributed by atoms with Crippen molar-refractivity contribution in [2.24, 2.45) is 0 Å². The van der Waals surface area contributed by atoms with Gasteiger partial charge in [0.05, 0.1) is 11.6 Å². The highest BCUT2D eigenvalue weighted by molar-refractivity contribution is 7.80. The lowest BCUT2D eigenvalue weighted by Gasteiger charge is -2.28. The Labute approximate surface area is 302 Å². The molecule has 0 spiro atoms. The number of nitrogens with one attached hydrogen (secondary N) is 2. The van der Waals surface area contributed by atoms with Crippen LogP contribution in [0.25, 0.3) is 33.4 Å². The van der Waals surface area contributed by atoms with E-state index in [0.717, 1.165) is 60.2 Å². The van der Waals surface area contributed by atoms with Crippen LogP contribution in [-0.4, -0.2) is 77.5 Å². The Morgan fingerprint density at radius 3 is 2.14 bits per heavy atom. The summed E-state index contributed by atoms with van der Waals surface area (Å²) in [7, 11) is -2.75. The molecule has 270 valence electrons. The van der Waals surface area contributed by atoms with E-state index in [9.17, 15) is 9.90 Å². The zero-order valence-corrected chi connectivity index (χ0v) is 32.4. The maximum Gasteiger partial charge on any atom is 0.500 e. The lowest BCUT2D eigenvalue weighted by atomic mass is 9.90. The number of hydrogen-bond donors (Lipinski definition) is 3. The molecular weight excluding hydrogens is 669 g/mol. The van der Waals surface area contributed by atoms with Gasteiger partial charge < -0.3 is 38.3 Å². The van der Waals surface area contributed by atoms with Crippen molar-refractivity contribution in [3.63, 3.8) is 0 Å². The largest absolute Gasteiger partial charge is 0.500 e. The van der Waals surface area contributed by atoms with E-state index in [1.165, 1.54) is 0 Å². The summed E-state index contributed by atoms with van der Waals surface area (Å²) < 4.78 is 26.7. The first-order chi connectivity index (χ1) is 24.2. The maximum atomic E-state index is 12.9. The fourth-order valence-electron chi connectivity index (χ4n) is 6.43. The smallest absolute Gasteiger partial charge is 0.478 e. The Kier molecular flexibility index (Phi) is 14.4. The Morgan fingerprint density at radius 2 is 1.54 bits per heavy atom. The molecule has 1 heterocycles. The minimum atomic E-state index is -2.75. The number of benzene rings is 3. The van der Waals surface area contributed by atoms with Gasteiger partial charge in [0.25, 0.3) is 0 Å². The fourth-order valence-corrected chi connectivity index (χ4v) is 9.26. The highest BCUT2D eigenvalue weighted by Crippen LogP contribution is 2.42. The van der Waals surface area contributed by atoms with Crippen LogP contribution in [0.4, 0.5) is 11.4 Å². The number of aromatic carboxylic acids is 1. The van der Waals surface area contributed by atoms with E-state index in [4.69, 9.17) is 29.9 Å². The van der Waals surface area contributed by atoms with Crippen molar-refractivity contribution >= 4 is 54.4 Å². The van der Waals surface area contributed by atoms with Crippen molar-refractivity contribution in [1.82, 2.24) is 9.89 Å². The number of carboxylic acid groups (broad SMARTS) is 1. The summed E-state index contributed by atoms with van der Waals surface area (Å²) in [5.74, 6) is -0.337. The second-order valence-electron chi connectivity index (χ2n) is 11.7. The SMILES string of the molecule is CCO[Si](CCCNC(=S)Nc1ccc(-c2c3ccc(=[N+](CC)CC)cc-3oc3cc(N(CC)CC)ccc23)c(C(=O)O)c1)(OCC)OCC. The van der Waals surface area contributed by atoms with Gasteiger partial charge in [0, 0.05) is 85.5 Å². The van der Waals surface area contributed by atoms with E-state index in [1.807, 2.05) is 45.0 Å². The van der Waals surface area contributed by atoms with E-state index in [0.29, 0.717) is 60.1 Å². The average molecular weight is 722 g/mol. The minimum Gasteiger partial charge on any atom is -0.478 e. The molecule has 0 bridgehead atoms. The molecular formula is C38H53N4O6SSi+. The first-order valence-electron chi connectivity index (χ1n) is 17.9. The summed E-state index contributed by atoms with van der Waals surface area (Å²) in [5.41, 5.74) is 4.74. The topological polar surface area (TPSA) is 108 Å². The quantitative estimate of drug-likeness (QED) is 0.0319. The van der Waals surface area contributed by atoms with Crippen molar-refractivity contribution in [1.29, 1.82) is 0 Å². The molecule has 0 radical (unpaired) electrons. The third-order valence-electron chi connectivity index (χ3n) is 8.76. The van der Waals surface area contributed by atoms with Gasteiger partial charge in [-0.1, -0.05) is 6.07 Å². The van der Waals surface area contributed by atoms with Gasteiger partial charge >= 0.3 is 14.8 Å². The summed E-state index contributed by atoms with van der Waals surface area (Å²) in [6.45, 7) is 19.9. The Balaban J connectivity index is 1.70. The molecule has 2 aromatic rings. The van der Waals surface area contributed by atoms with Crippen LogP contribution in [0.2, 0.25) is 6.04 Å². The molecule has 0 saturated carbocycles. The number of thiocarbonyl (C=S) groups is 1. The molecule has 0 amide bonds. The molecule has 12 heteroatoms. The lowest BCUT2D eigenvalue weighted by Crippen LogP contribution is -2.46. The standard InChI is InChI=1S/C38H52N4O6SSi/c1-8-41(9-2)28-17-20-31-34(25-28)48-35-26-29(42(10-3)11-4)18-21-32(35)36(31)30-19-16-27(24-33(30)37(43)44)40-38(49)39-22-15-23-50(45-12-5,46-13-6)47-14-7/h16-21,24-26H,8-15,22-23H2,1-7H3,(H2,39,43,44,49)/p+1. The van der Waals surface area contributed by atoms with Gasteiger partial charge in [-0.3, -0.25) is 0 Å². The summed E-state index contributed by atoms with van der Waals surface area (Å²) in [4.78, 5) is 15.1. The highest BCUT2D eigenvalue weighted by atomic mass is 32.1. The molecule has 2 aliphatic rings. The van der Waals surface area contributed by atoms with Gasteiger partial charge in [-0.15, -0.1) is 0 Å². The molecule has 3 N–H and O–H groups in total. The molecule has 0 saturated heterocycles. The number of nitrogens with zero attached hydrogens (tertiary/aromatic N) is 2. The van der Waals surface area contributed by atoms with Crippen molar-refractivity contribution in [3.8, 4) is 22.5 Å². The molecule has 10 nitrogen and oxygen atoms in total. The molecule has 0 atom stereocenters. The van der Waals surface area contributed by atoms with E-state index in [1.54, 1.807) is 6.07 Å². The molecule has 2 aromatic carbocycles. The van der Waals surface area contributed by atoms with E-state index in [-0.39, 0.29) is 5.56 Å². The lowest BCUT2D eigenvalue weighted by molar-refractivity contribution is 0.0692. The van der Waals surface area contributed by atoms with Gasteiger partial charge in [0.2, 0.25) is 5.36 Å². The predicted molar refractivity (Wildman–Crippen MR) is 209 cm³/mol. The van der Waals surface area contributed by atoms with Crippen LogP contribution in [0, 0.1) is 0 Å². The van der Waals surface area contributed by atoms with Gasteiger partial charge in [0.15, 0.2) is 5.11 Å². The second-order valence-corrected chi connectivity index (χ2v) is 14.9. The Bertz CT molecular complexity index is 1790. The number of carboxylic acids is 1. The van der Waals surface area contributed by atoms with E-state index >= 15 is 0 Å². The third-order valence-corrected chi connectivity index (χ3v) is 12.2. The van der Waals surface area contributed by atoms with E-state index in [2.05, 4.69) is 72.1 Å². The molecule has 0 aromatic heterocycles. The number of anilines is 2. The first kappa shape index (κ1) is 39.0. The molecule has 0 unspecified atom stereocenters. The number of fused-ring (bicyclic) bond motifs is 2. The van der Waals surface area contributed by atoms with Gasteiger partial charge in [-0.25, -0.2) is 9.37 Å². The summed E-state index contributed by atoms with van der Waals surface area (Å²) >= 11 is 5.59. The zero-order chi connectivity index (χ0) is 36.3. The van der Waals surface area contributed by atoms with Crippen molar-refractivity contribution in [2.75, 3.05) is 62.8 Å². The molecule has 50 heavy (non-hydrogen) atoms. The van der Waals surface area contributed by atoms with Crippen LogP contribution in [0.1, 0.15) is 65.2 Å². The summed E-state index contributed by atoms with van der Waals surface area (Å²) in [6.07, 6.45) is 0.735. The summed E-state index contributed by atoms with van der Waals surface area (Å²) in [5, 5.41) is 19.2. The number of carbonyl (C=O) groups is 1. The van der Waals surface area contributed by atoms with Gasteiger partial charge in [-0.05, 0) is 103 Å². The molecule has 1 aliphatic heterocycles. The molecule has 4 rings (SSSR count). The number of rotatable bonds is 18. The Hall–Kier alpha value is -3.81. The highest BCUT2D eigenvalue weighted by Gasteiger charge is 2.39. The summed E-state index contributed by atoms with van der Waals surface area (Å²) in [6, 6.07) is 18.4. The van der Waals surface area contributed by atoms with Gasteiger partial charge in [-0.2, -0.15) is 0 Å². The van der Waals surface area contributed by atoms with Crippen molar-refractivity contribution in [2.45, 2.75) is 60.9 Å². The average Bonchev–Trinajstić information content (AvgIpc) is 3.10. The van der Waals surface area contributed by atoms with Crippen LogP contribution in [0.3, 0.4) is 0 Å². The monoisotopic (exact) mass is 721 g/mol. The molecule has 1 aliphatic carbocycles. The second kappa shape index (κ2) is 18.4. The van der Waals surface area contributed by atoms with Crippen LogP contribution in [-0.2, 0) is 13.3 Å². The fraction of sp³-hybridized carbons (Fsp3) is 0.447. The van der Waals surface area contributed by atoms with E-state index < -0.39 is 14.8 Å². The normalized spacial score (nSPS) is 11.6. The van der Waals surface area contributed by atoms with Crippen LogP contribution in [0.5, 0.6) is 0 Å². The predicted octanol–water partition coefficient (Wildman–Crippen LogP) is 7.29. The van der Waals surface area contributed by atoms with Crippen LogP contribution < -0.4 is 25.5 Å². The van der Waals surface area contributed by atoms with Crippen LogP contribution in [0.15, 0.2) is 59.0 Å². The third kappa shape index (κ3) is 9.10. The number of hydrogen-bond acceptors (Lipinski definition) is 7. The first-order valence-corrected chi connectivity index (χ1v) is 20.2. The van der Waals surface area contributed by atoms with Crippen molar-refractivity contribution < 1.29 is 27.6 Å².